The molecule has 0 aliphatic heterocycles. The minimum Gasteiger partial charge on any atom is -0.459 e. The Morgan fingerprint density at radius 2 is 1.71 bits per heavy atom. The molecule has 1 aromatic carbocycles. The number of esters is 2. The van der Waals surface area contributed by atoms with Gasteiger partial charge in [0, 0.05) is 24.3 Å². The molecule has 3 N–H and O–H groups in total. The summed E-state index contributed by atoms with van der Waals surface area (Å²) in [5.74, 6) is -2.39. The Kier molecular flexibility index (Phi) is 7.95. The molecule has 1 aromatic heterocycles. The van der Waals surface area contributed by atoms with Gasteiger partial charge < -0.3 is 25.1 Å². The van der Waals surface area contributed by atoms with Gasteiger partial charge in [-0.2, -0.15) is 0 Å². The molecule has 9 heteroatoms. The van der Waals surface area contributed by atoms with Crippen molar-refractivity contribution in [3.05, 3.63) is 52.8 Å². The summed E-state index contributed by atoms with van der Waals surface area (Å²) >= 11 is 0. The number of nitrogens with zero attached hydrogens (tertiary/aromatic N) is 1. The number of hydrogen-bond acceptors (Lipinski definition) is 6. The standard InChI is InChI=1S/C22H27N3O6/c1-13(2)31-21(28)19-14(3)20(24-15(19)4)22(29)30-12-18(27)25(11-10-17(23)26)16-8-6-5-7-9-16/h5-9,13,24H,10-12H2,1-4H3,(H2,23,26). The predicted molar refractivity (Wildman–Crippen MR) is 114 cm³/mol. The van der Waals surface area contributed by atoms with Crippen LogP contribution in [0.3, 0.4) is 0 Å². The van der Waals surface area contributed by atoms with E-state index in [1.807, 2.05) is 0 Å². The molecule has 166 valence electrons. The van der Waals surface area contributed by atoms with Gasteiger partial charge in [0.1, 0.15) is 5.69 Å². The highest BCUT2D eigenvalue weighted by atomic mass is 16.5. The summed E-state index contributed by atoms with van der Waals surface area (Å²) in [6.07, 6.45) is -0.344. The van der Waals surface area contributed by atoms with Gasteiger partial charge in [-0.25, -0.2) is 9.59 Å². The predicted octanol–water partition coefficient (Wildman–Crippen LogP) is 2.26. The molecule has 0 saturated carbocycles. The Hall–Kier alpha value is -3.62. The highest BCUT2D eigenvalue weighted by Gasteiger charge is 2.25. The van der Waals surface area contributed by atoms with E-state index in [4.69, 9.17) is 15.2 Å². The van der Waals surface area contributed by atoms with Gasteiger partial charge in [-0.05, 0) is 45.4 Å². The molecule has 2 amide bonds. The summed E-state index contributed by atoms with van der Waals surface area (Å²) in [5, 5.41) is 0. The Morgan fingerprint density at radius 3 is 2.29 bits per heavy atom. The van der Waals surface area contributed by atoms with E-state index in [0.717, 1.165) is 0 Å². The molecule has 2 aromatic rings. The third kappa shape index (κ3) is 6.18. The van der Waals surface area contributed by atoms with Crippen LogP contribution >= 0.6 is 0 Å². The molecule has 0 atom stereocenters. The third-order valence-corrected chi connectivity index (χ3v) is 4.47. The first-order valence-electron chi connectivity index (χ1n) is 9.82. The highest BCUT2D eigenvalue weighted by Crippen LogP contribution is 2.21. The topological polar surface area (TPSA) is 132 Å². The average Bonchev–Trinajstić information content (AvgIpc) is 3.00. The summed E-state index contributed by atoms with van der Waals surface area (Å²) < 4.78 is 10.4. The molecule has 0 aliphatic carbocycles. The van der Waals surface area contributed by atoms with Crippen molar-refractivity contribution in [1.29, 1.82) is 0 Å². The van der Waals surface area contributed by atoms with Crippen molar-refractivity contribution in [2.24, 2.45) is 5.73 Å². The monoisotopic (exact) mass is 429 g/mol. The third-order valence-electron chi connectivity index (χ3n) is 4.47. The van der Waals surface area contributed by atoms with Gasteiger partial charge in [-0.1, -0.05) is 18.2 Å². The maximum Gasteiger partial charge on any atom is 0.355 e. The minimum absolute atomic E-state index is 0.0369. The zero-order valence-electron chi connectivity index (χ0n) is 18.1. The van der Waals surface area contributed by atoms with Crippen LogP contribution in [0.4, 0.5) is 5.69 Å². The van der Waals surface area contributed by atoms with Crippen molar-refractivity contribution in [2.75, 3.05) is 18.1 Å². The van der Waals surface area contributed by atoms with Gasteiger partial charge in [0.15, 0.2) is 6.61 Å². The Labute approximate surface area is 180 Å². The molecular weight excluding hydrogens is 402 g/mol. The number of aryl methyl sites for hydroxylation is 1. The quantitative estimate of drug-likeness (QED) is 0.588. The van der Waals surface area contributed by atoms with E-state index in [0.29, 0.717) is 16.9 Å². The first-order chi connectivity index (χ1) is 14.6. The van der Waals surface area contributed by atoms with Crippen LogP contribution in [0, 0.1) is 13.8 Å². The van der Waals surface area contributed by atoms with Gasteiger partial charge in [0.2, 0.25) is 5.91 Å². The highest BCUT2D eigenvalue weighted by molar-refractivity contribution is 6.00. The second kappa shape index (κ2) is 10.4. The molecule has 0 spiro atoms. The van der Waals surface area contributed by atoms with Gasteiger partial charge >= 0.3 is 11.9 Å². The van der Waals surface area contributed by atoms with Crippen LogP contribution in [-0.2, 0) is 19.1 Å². The van der Waals surface area contributed by atoms with Crippen molar-refractivity contribution in [3.63, 3.8) is 0 Å². The fourth-order valence-electron chi connectivity index (χ4n) is 3.04. The molecule has 0 fully saturated rings. The molecule has 0 unspecified atom stereocenters. The summed E-state index contributed by atoms with van der Waals surface area (Å²) in [6.45, 7) is 6.21. The normalized spacial score (nSPS) is 10.6. The van der Waals surface area contributed by atoms with Gasteiger partial charge in [-0.3, -0.25) is 9.59 Å². The van der Waals surface area contributed by atoms with Gasteiger partial charge in [0.05, 0.1) is 11.7 Å². The van der Waals surface area contributed by atoms with Crippen LogP contribution < -0.4 is 10.6 Å². The lowest BCUT2D eigenvalue weighted by Gasteiger charge is -2.22. The van der Waals surface area contributed by atoms with Gasteiger partial charge in [0.25, 0.3) is 5.91 Å². The number of nitrogens with one attached hydrogen (secondary N) is 1. The SMILES string of the molecule is Cc1[nH]c(C(=O)OCC(=O)N(CCC(N)=O)c2ccccc2)c(C)c1C(=O)OC(C)C. The van der Waals surface area contributed by atoms with E-state index in [-0.39, 0.29) is 30.3 Å². The number of carbonyl (C=O) groups is 4. The van der Waals surface area contributed by atoms with E-state index in [2.05, 4.69) is 4.98 Å². The molecule has 1 heterocycles. The molecule has 2 rings (SSSR count). The van der Waals surface area contributed by atoms with E-state index >= 15 is 0 Å². The van der Waals surface area contributed by atoms with E-state index < -0.39 is 30.4 Å². The lowest BCUT2D eigenvalue weighted by atomic mass is 10.1. The van der Waals surface area contributed by atoms with Crippen molar-refractivity contribution in [2.45, 2.75) is 40.2 Å². The van der Waals surface area contributed by atoms with Crippen molar-refractivity contribution >= 4 is 29.4 Å². The van der Waals surface area contributed by atoms with Crippen LogP contribution in [0.25, 0.3) is 0 Å². The number of ether oxygens (including phenoxy) is 2. The number of rotatable bonds is 9. The Balaban J connectivity index is 2.12. The van der Waals surface area contributed by atoms with E-state index in [1.54, 1.807) is 58.0 Å². The Morgan fingerprint density at radius 1 is 1.06 bits per heavy atom. The van der Waals surface area contributed by atoms with E-state index in [9.17, 15) is 19.2 Å². The number of carbonyl (C=O) groups excluding carboxylic acids is 4. The second-order valence-electron chi connectivity index (χ2n) is 7.25. The van der Waals surface area contributed by atoms with Gasteiger partial charge in [-0.15, -0.1) is 0 Å². The fraction of sp³-hybridized carbons (Fsp3) is 0.364. The number of nitrogens with two attached hydrogens (primary N) is 1. The summed E-state index contributed by atoms with van der Waals surface area (Å²) in [6, 6.07) is 8.68. The second-order valence-corrected chi connectivity index (χ2v) is 7.25. The van der Waals surface area contributed by atoms with Crippen LogP contribution in [0.1, 0.15) is 52.4 Å². The summed E-state index contributed by atoms with van der Waals surface area (Å²) in [4.78, 5) is 52.8. The molecule has 0 bridgehead atoms. The number of anilines is 1. The molecule has 0 saturated heterocycles. The van der Waals surface area contributed by atoms with Crippen LogP contribution in [0.5, 0.6) is 0 Å². The number of para-hydroxylation sites is 1. The number of benzene rings is 1. The average molecular weight is 429 g/mol. The molecule has 31 heavy (non-hydrogen) atoms. The zero-order valence-corrected chi connectivity index (χ0v) is 18.1. The number of aromatic nitrogens is 1. The number of amides is 2. The minimum atomic E-state index is -0.777. The lowest BCUT2D eigenvalue weighted by molar-refractivity contribution is -0.121. The molecule has 9 nitrogen and oxygen atoms in total. The summed E-state index contributed by atoms with van der Waals surface area (Å²) in [5.41, 5.74) is 6.94. The Bertz CT molecular complexity index is 965. The maximum absolute atomic E-state index is 12.7. The number of hydrogen-bond donors (Lipinski definition) is 2. The zero-order chi connectivity index (χ0) is 23.1. The van der Waals surface area contributed by atoms with Crippen LogP contribution in [0.15, 0.2) is 30.3 Å². The maximum atomic E-state index is 12.7. The van der Waals surface area contributed by atoms with Crippen molar-refractivity contribution < 1.29 is 28.7 Å². The lowest BCUT2D eigenvalue weighted by Crippen LogP contribution is -2.37. The number of aromatic amines is 1. The number of primary amides is 1. The van der Waals surface area contributed by atoms with Crippen molar-refractivity contribution in [1.82, 2.24) is 4.98 Å². The molecular formula is C22H27N3O6. The first-order valence-corrected chi connectivity index (χ1v) is 9.82. The van der Waals surface area contributed by atoms with Crippen LogP contribution in [-0.4, -0.2) is 48.0 Å². The largest absolute Gasteiger partial charge is 0.459 e. The number of H-pyrrole nitrogens is 1. The van der Waals surface area contributed by atoms with E-state index in [1.165, 1.54) is 4.90 Å². The summed E-state index contributed by atoms with van der Waals surface area (Å²) in [7, 11) is 0. The fourth-order valence-corrected chi connectivity index (χ4v) is 3.04. The first kappa shape index (κ1) is 23.7. The van der Waals surface area contributed by atoms with Crippen molar-refractivity contribution in [3.8, 4) is 0 Å². The van der Waals surface area contributed by atoms with Crippen LogP contribution in [0.2, 0.25) is 0 Å². The smallest absolute Gasteiger partial charge is 0.355 e. The molecule has 0 radical (unpaired) electrons. The molecule has 0 aliphatic rings.